The second-order valence-electron chi connectivity index (χ2n) is 4.33. The molecular weight excluding hydrogens is 382 g/mol. The summed E-state index contributed by atoms with van der Waals surface area (Å²) in [6, 6.07) is 5.35. The molecule has 2 aromatic rings. The minimum Gasteiger partial charge on any atom is -0.493 e. The number of hydrogen-bond acceptors (Lipinski definition) is 6. The first-order valence-corrected chi connectivity index (χ1v) is 8.66. The first-order valence-electron chi connectivity index (χ1n) is 6.64. The van der Waals surface area contributed by atoms with E-state index in [9.17, 15) is 10.1 Å². The maximum absolute atomic E-state index is 12.0. The lowest BCUT2D eigenvalue weighted by atomic mass is 10.1. The minimum atomic E-state index is -0.467. The van der Waals surface area contributed by atoms with Crippen molar-refractivity contribution in [2.24, 2.45) is 0 Å². The number of hydrogen-bond donors (Lipinski definition) is 1. The molecule has 1 aromatic carbocycles. The Morgan fingerprint density at radius 2 is 2.22 bits per heavy atom. The van der Waals surface area contributed by atoms with Crippen molar-refractivity contribution in [3.05, 3.63) is 32.5 Å². The Bertz CT molecular complexity index is 830. The van der Waals surface area contributed by atoms with Crippen molar-refractivity contribution in [1.82, 2.24) is 9.97 Å². The van der Waals surface area contributed by atoms with E-state index in [1.807, 2.05) is 13.0 Å². The number of thioether (sulfide) groups is 1. The summed E-state index contributed by atoms with van der Waals surface area (Å²) in [5, 5.41) is 9.71. The molecule has 0 atom stereocenters. The maximum Gasteiger partial charge on any atom is 0.270 e. The molecule has 6 nitrogen and oxygen atoms in total. The molecule has 0 unspecified atom stereocenters. The number of aromatic amines is 1. The number of benzene rings is 1. The summed E-state index contributed by atoms with van der Waals surface area (Å²) in [5.74, 6) is 1.06. The van der Waals surface area contributed by atoms with E-state index in [4.69, 9.17) is 9.47 Å². The predicted octanol–water partition coefficient (Wildman–Crippen LogP) is 3.20. The first kappa shape index (κ1) is 17.4. The molecule has 8 heteroatoms. The van der Waals surface area contributed by atoms with E-state index in [-0.39, 0.29) is 5.56 Å². The van der Waals surface area contributed by atoms with E-state index in [0.717, 1.165) is 0 Å². The van der Waals surface area contributed by atoms with Crippen molar-refractivity contribution >= 4 is 27.7 Å². The van der Waals surface area contributed by atoms with Crippen LogP contribution in [0.2, 0.25) is 0 Å². The van der Waals surface area contributed by atoms with Gasteiger partial charge in [0.2, 0.25) is 0 Å². The van der Waals surface area contributed by atoms with Crippen LogP contribution < -0.4 is 15.0 Å². The van der Waals surface area contributed by atoms with E-state index in [1.54, 1.807) is 18.4 Å². The summed E-state index contributed by atoms with van der Waals surface area (Å²) in [6.07, 6.45) is 1.79. The topological polar surface area (TPSA) is 88.0 Å². The van der Waals surface area contributed by atoms with Gasteiger partial charge in [-0.3, -0.25) is 4.79 Å². The van der Waals surface area contributed by atoms with Gasteiger partial charge in [0.15, 0.2) is 16.7 Å². The fourth-order valence-electron chi connectivity index (χ4n) is 2.00. The van der Waals surface area contributed by atoms with Gasteiger partial charge in [-0.2, -0.15) is 5.26 Å². The number of nitriles is 1. The zero-order valence-corrected chi connectivity index (χ0v) is 15.2. The van der Waals surface area contributed by atoms with Crippen molar-refractivity contribution in [2.45, 2.75) is 12.1 Å². The highest BCUT2D eigenvalue weighted by Crippen LogP contribution is 2.39. The molecule has 23 heavy (non-hydrogen) atoms. The Labute approximate surface area is 146 Å². The molecule has 0 fully saturated rings. The number of nitrogens with one attached hydrogen (secondary N) is 1. The molecule has 0 radical (unpaired) electrons. The second-order valence-corrected chi connectivity index (χ2v) is 5.98. The van der Waals surface area contributed by atoms with Crippen molar-refractivity contribution < 1.29 is 9.47 Å². The van der Waals surface area contributed by atoms with Gasteiger partial charge >= 0.3 is 0 Å². The molecule has 0 aliphatic heterocycles. The average Bonchev–Trinajstić information content (AvgIpc) is 2.55. The number of H-pyrrole nitrogens is 1. The molecule has 0 spiro atoms. The molecule has 120 valence electrons. The standard InChI is InChI=1S/C15H14BrN3O3S/c1-4-22-13-10(16)5-8(6-11(13)21-2)12-9(7-17)14(20)19-15(18-12)23-3/h5-6H,4H2,1-3H3,(H,18,19,20). The van der Waals surface area contributed by atoms with Gasteiger partial charge in [-0.25, -0.2) is 4.98 Å². The lowest BCUT2D eigenvalue weighted by Gasteiger charge is -2.13. The summed E-state index contributed by atoms with van der Waals surface area (Å²) in [7, 11) is 1.53. The van der Waals surface area contributed by atoms with Crippen molar-refractivity contribution in [1.29, 1.82) is 5.26 Å². The smallest absolute Gasteiger partial charge is 0.270 e. The summed E-state index contributed by atoms with van der Waals surface area (Å²) in [4.78, 5) is 19.0. The van der Waals surface area contributed by atoms with Crippen LogP contribution in [0.15, 0.2) is 26.6 Å². The Morgan fingerprint density at radius 1 is 1.48 bits per heavy atom. The third-order valence-corrected chi connectivity index (χ3v) is 4.16. The normalized spacial score (nSPS) is 10.2. The molecule has 1 N–H and O–H groups in total. The van der Waals surface area contributed by atoms with Crippen LogP contribution in [0.4, 0.5) is 0 Å². The highest BCUT2D eigenvalue weighted by Gasteiger charge is 2.18. The monoisotopic (exact) mass is 395 g/mol. The summed E-state index contributed by atoms with van der Waals surface area (Å²) in [6.45, 7) is 2.36. The number of halogens is 1. The third-order valence-electron chi connectivity index (χ3n) is 2.99. The zero-order chi connectivity index (χ0) is 17.0. The van der Waals surface area contributed by atoms with Gasteiger partial charge in [-0.05, 0) is 41.2 Å². The van der Waals surface area contributed by atoms with Gasteiger partial charge < -0.3 is 14.5 Å². The highest BCUT2D eigenvalue weighted by atomic mass is 79.9. The van der Waals surface area contributed by atoms with Crippen LogP contribution in [0.25, 0.3) is 11.3 Å². The van der Waals surface area contributed by atoms with E-state index in [1.165, 1.54) is 18.9 Å². The molecule has 2 rings (SSSR count). The largest absolute Gasteiger partial charge is 0.493 e. The van der Waals surface area contributed by atoms with Crippen molar-refractivity contribution in [3.8, 4) is 28.8 Å². The van der Waals surface area contributed by atoms with E-state index in [2.05, 4.69) is 25.9 Å². The molecule has 1 aromatic heterocycles. The quantitative estimate of drug-likeness (QED) is 0.617. The average molecular weight is 396 g/mol. The lowest BCUT2D eigenvalue weighted by Crippen LogP contribution is -2.14. The Morgan fingerprint density at radius 3 is 2.78 bits per heavy atom. The summed E-state index contributed by atoms with van der Waals surface area (Å²) in [5.41, 5.74) is 0.393. The number of aromatic nitrogens is 2. The Balaban J connectivity index is 2.72. The number of methoxy groups -OCH3 is 1. The van der Waals surface area contributed by atoms with Gasteiger partial charge in [0.25, 0.3) is 5.56 Å². The van der Waals surface area contributed by atoms with Crippen LogP contribution in [-0.4, -0.2) is 29.9 Å². The predicted molar refractivity (Wildman–Crippen MR) is 92.2 cm³/mol. The molecule has 0 saturated heterocycles. The molecule has 0 saturated carbocycles. The van der Waals surface area contributed by atoms with E-state index < -0.39 is 5.56 Å². The fraction of sp³-hybridized carbons (Fsp3) is 0.267. The van der Waals surface area contributed by atoms with Crippen LogP contribution in [0.3, 0.4) is 0 Å². The van der Waals surface area contributed by atoms with Crippen molar-refractivity contribution in [2.75, 3.05) is 20.0 Å². The molecule has 0 bridgehead atoms. The molecule has 1 heterocycles. The molecule has 0 aliphatic rings. The first-order chi connectivity index (χ1) is 11.0. The van der Waals surface area contributed by atoms with Gasteiger partial charge in [-0.15, -0.1) is 0 Å². The summed E-state index contributed by atoms with van der Waals surface area (Å²) < 4.78 is 11.5. The van der Waals surface area contributed by atoms with Gasteiger partial charge in [0.05, 0.1) is 23.9 Å². The van der Waals surface area contributed by atoms with Gasteiger partial charge in [-0.1, -0.05) is 11.8 Å². The molecule has 0 aliphatic carbocycles. The van der Waals surface area contributed by atoms with Crippen LogP contribution in [0.5, 0.6) is 11.5 Å². The lowest BCUT2D eigenvalue weighted by molar-refractivity contribution is 0.309. The van der Waals surface area contributed by atoms with Gasteiger partial charge in [0.1, 0.15) is 11.6 Å². The Kier molecular flexibility index (Phi) is 5.69. The third kappa shape index (κ3) is 3.51. The summed E-state index contributed by atoms with van der Waals surface area (Å²) >= 11 is 4.72. The van der Waals surface area contributed by atoms with Crippen LogP contribution in [0.1, 0.15) is 12.5 Å². The molecule has 0 amide bonds. The maximum atomic E-state index is 12.0. The fourth-order valence-corrected chi connectivity index (χ4v) is 2.94. The molecular formula is C15H14BrN3O3S. The van der Waals surface area contributed by atoms with Gasteiger partial charge in [0, 0.05) is 5.56 Å². The Hall–Kier alpha value is -1.98. The van der Waals surface area contributed by atoms with Crippen LogP contribution in [0, 0.1) is 11.3 Å². The van der Waals surface area contributed by atoms with Crippen LogP contribution >= 0.6 is 27.7 Å². The van der Waals surface area contributed by atoms with E-state index in [0.29, 0.717) is 39.0 Å². The van der Waals surface area contributed by atoms with Crippen molar-refractivity contribution in [3.63, 3.8) is 0 Å². The zero-order valence-electron chi connectivity index (χ0n) is 12.8. The number of ether oxygens (including phenoxy) is 2. The number of nitrogens with zero attached hydrogens (tertiary/aromatic N) is 2. The highest BCUT2D eigenvalue weighted by molar-refractivity contribution is 9.10. The van der Waals surface area contributed by atoms with E-state index >= 15 is 0 Å². The van der Waals surface area contributed by atoms with Crippen LogP contribution in [-0.2, 0) is 0 Å². The SMILES string of the molecule is CCOc1c(Br)cc(-c2nc(SC)[nH]c(=O)c2C#N)cc1OC. The second kappa shape index (κ2) is 7.53. The minimum absolute atomic E-state index is 0.0408. The number of rotatable bonds is 5.